The van der Waals surface area contributed by atoms with Crippen molar-refractivity contribution in [1.82, 2.24) is 0 Å². The molecule has 0 aliphatic rings. The first-order valence-electron chi connectivity index (χ1n) is 7.24. The van der Waals surface area contributed by atoms with Gasteiger partial charge in [0.05, 0.1) is 0 Å². The fraction of sp³-hybridized carbons (Fsp3) is 0.444. The van der Waals surface area contributed by atoms with Crippen LogP contribution in [0, 0.1) is 0 Å². The molecule has 0 amide bonds. The summed E-state index contributed by atoms with van der Waals surface area (Å²) in [7, 11) is 0. The average Bonchev–Trinajstić information content (AvgIpc) is 3.08. The molecule has 2 aromatic carbocycles. The van der Waals surface area contributed by atoms with Crippen LogP contribution in [0.2, 0.25) is 0 Å². The summed E-state index contributed by atoms with van der Waals surface area (Å²) in [5.41, 5.74) is 6.41. The maximum Gasteiger partial charge on any atom is 0 e. The summed E-state index contributed by atoms with van der Waals surface area (Å²) in [5.74, 6) is 0. The van der Waals surface area contributed by atoms with Crippen LogP contribution in [-0.4, -0.2) is 0 Å². The van der Waals surface area contributed by atoms with Crippen LogP contribution in [0.3, 0.4) is 0 Å². The largest absolute Gasteiger partial charge is 0.748 e. The molecule has 0 aliphatic heterocycles. The summed E-state index contributed by atoms with van der Waals surface area (Å²) in [5, 5.41) is 0. The van der Waals surface area contributed by atoms with Gasteiger partial charge in [-0.15, -0.1) is 0 Å². The summed E-state index contributed by atoms with van der Waals surface area (Å²) in [6.07, 6.45) is 4.78. The zero-order valence-corrected chi connectivity index (χ0v) is 13.8. The van der Waals surface area contributed by atoms with Gasteiger partial charge in [-0.05, 0) is 0 Å². The molecular weight excluding hydrogens is 272 g/mol. The van der Waals surface area contributed by atoms with E-state index in [2.05, 4.69) is 33.8 Å². The second kappa shape index (κ2) is 10.1. The minimum absolute atomic E-state index is 0. The van der Waals surface area contributed by atoms with Crippen LogP contribution in [0.4, 0.5) is 0 Å². The Morgan fingerprint density at radius 1 is 0.842 bits per heavy atom. The van der Waals surface area contributed by atoms with E-state index in [-0.39, 0.29) is 17.1 Å². The van der Waals surface area contributed by atoms with Crippen LogP contribution in [0.15, 0.2) is 36.4 Å². The Bertz CT molecular complexity index is 377. The SMILES string of the molecule is CCc1c[c-](CC)c(CC)c1CC.[Fe].[cH-]1[cH-][cH-][cH-][cH-]1. The van der Waals surface area contributed by atoms with E-state index in [0.717, 1.165) is 0 Å². The van der Waals surface area contributed by atoms with E-state index >= 15 is 0 Å². The van der Waals surface area contributed by atoms with Gasteiger partial charge >= 0.3 is 0 Å². The molecule has 0 atom stereocenters. The number of aryl methyl sites for hydroxylation is 2. The Balaban J connectivity index is 0.000000454. The summed E-state index contributed by atoms with van der Waals surface area (Å²) in [6, 6.07) is 12.4. The van der Waals surface area contributed by atoms with Gasteiger partial charge in [-0.3, -0.25) is 0 Å². The number of rotatable bonds is 4. The Labute approximate surface area is 129 Å². The normalized spacial score (nSPS) is 9.47. The van der Waals surface area contributed by atoms with Crippen molar-refractivity contribution in [2.24, 2.45) is 0 Å². The third-order valence-corrected chi connectivity index (χ3v) is 3.51. The van der Waals surface area contributed by atoms with E-state index in [9.17, 15) is 0 Å². The molecule has 2 aromatic rings. The standard InChI is InChI=1S/C13H21.C5H5.Fe/c1-5-10-9-11(6-2)13(8-4)12(10)7-3;1-2-4-5-3-1;/h9H,5-8H2,1-4H3;1-5H;/q-1;-5;. The maximum absolute atomic E-state index is 2.41. The molecule has 19 heavy (non-hydrogen) atoms. The molecule has 1 heteroatoms. The molecule has 0 radical (unpaired) electrons. The molecule has 0 bridgehead atoms. The summed E-state index contributed by atoms with van der Waals surface area (Å²) < 4.78 is 0. The molecule has 112 valence electrons. The fourth-order valence-corrected chi connectivity index (χ4v) is 2.60. The van der Waals surface area contributed by atoms with E-state index < -0.39 is 0 Å². The molecular formula is C18H26Fe-6. The van der Waals surface area contributed by atoms with E-state index in [0.29, 0.717) is 0 Å². The van der Waals surface area contributed by atoms with Crippen LogP contribution < -0.4 is 0 Å². The first kappa shape index (κ1) is 18.2. The van der Waals surface area contributed by atoms with Gasteiger partial charge in [0.15, 0.2) is 0 Å². The Morgan fingerprint density at radius 3 is 1.68 bits per heavy atom. The first-order valence-corrected chi connectivity index (χ1v) is 7.24. The first-order chi connectivity index (χ1) is 8.78. The number of hydrogen-bond donors (Lipinski definition) is 0. The zero-order valence-electron chi connectivity index (χ0n) is 12.6. The number of hydrogen-bond acceptors (Lipinski definition) is 0. The van der Waals surface area contributed by atoms with Crippen molar-refractivity contribution in [3.8, 4) is 0 Å². The Morgan fingerprint density at radius 2 is 1.37 bits per heavy atom. The van der Waals surface area contributed by atoms with Gasteiger partial charge in [-0.2, -0.15) is 28.3 Å². The van der Waals surface area contributed by atoms with Crippen molar-refractivity contribution >= 4 is 0 Å². The summed E-state index contributed by atoms with van der Waals surface area (Å²) >= 11 is 0. The minimum Gasteiger partial charge on any atom is -0.748 e. The molecule has 0 spiro atoms. The van der Waals surface area contributed by atoms with Crippen LogP contribution in [-0.2, 0) is 42.8 Å². The van der Waals surface area contributed by atoms with E-state index in [4.69, 9.17) is 0 Å². The van der Waals surface area contributed by atoms with Gasteiger partial charge in [0, 0.05) is 17.1 Å². The predicted octanol–water partition coefficient (Wildman–Crippen LogP) is 5.06. The molecule has 0 unspecified atom stereocenters. The molecule has 0 aromatic heterocycles. The third-order valence-electron chi connectivity index (χ3n) is 3.51. The van der Waals surface area contributed by atoms with Crippen molar-refractivity contribution in [2.45, 2.75) is 53.4 Å². The van der Waals surface area contributed by atoms with E-state index in [1.165, 1.54) is 25.7 Å². The molecule has 0 fully saturated rings. The van der Waals surface area contributed by atoms with Crippen molar-refractivity contribution in [3.63, 3.8) is 0 Å². The fourth-order valence-electron chi connectivity index (χ4n) is 2.60. The molecule has 0 N–H and O–H groups in total. The van der Waals surface area contributed by atoms with Crippen molar-refractivity contribution < 1.29 is 17.1 Å². The Hall–Kier alpha value is -0.781. The van der Waals surface area contributed by atoms with Crippen LogP contribution in [0.1, 0.15) is 49.9 Å². The molecule has 0 saturated carbocycles. The third kappa shape index (κ3) is 5.01. The smallest absolute Gasteiger partial charge is 0 e. The van der Waals surface area contributed by atoms with Gasteiger partial charge in [0.1, 0.15) is 0 Å². The molecule has 0 nitrogen and oxygen atoms in total. The van der Waals surface area contributed by atoms with Crippen molar-refractivity contribution in [2.75, 3.05) is 0 Å². The van der Waals surface area contributed by atoms with Gasteiger partial charge in [0.2, 0.25) is 0 Å². The maximum atomic E-state index is 2.41. The molecule has 0 aliphatic carbocycles. The van der Waals surface area contributed by atoms with E-state index in [1.54, 1.807) is 22.3 Å². The second-order valence-corrected chi connectivity index (χ2v) is 4.53. The second-order valence-electron chi connectivity index (χ2n) is 4.53. The van der Waals surface area contributed by atoms with Crippen LogP contribution in [0.5, 0.6) is 0 Å². The minimum atomic E-state index is 0. The molecule has 0 heterocycles. The Kier molecular flexibility index (Phi) is 9.65. The molecule has 0 saturated heterocycles. The summed E-state index contributed by atoms with van der Waals surface area (Å²) in [6.45, 7) is 9.06. The topological polar surface area (TPSA) is 0 Å². The summed E-state index contributed by atoms with van der Waals surface area (Å²) in [4.78, 5) is 0. The van der Waals surface area contributed by atoms with Gasteiger partial charge in [-0.1, -0.05) is 53.4 Å². The predicted molar refractivity (Wildman–Crippen MR) is 81.6 cm³/mol. The van der Waals surface area contributed by atoms with E-state index in [1.807, 2.05) is 30.3 Å². The zero-order chi connectivity index (χ0) is 13.4. The average molecular weight is 298 g/mol. The van der Waals surface area contributed by atoms with Crippen molar-refractivity contribution in [1.29, 1.82) is 0 Å². The monoisotopic (exact) mass is 298 g/mol. The van der Waals surface area contributed by atoms with Gasteiger partial charge in [-0.25, -0.2) is 0 Å². The van der Waals surface area contributed by atoms with Crippen molar-refractivity contribution in [3.05, 3.63) is 58.7 Å². The molecule has 2 rings (SSSR count). The quantitative estimate of drug-likeness (QED) is 0.547. The van der Waals surface area contributed by atoms with Crippen LogP contribution >= 0.6 is 0 Å². The van der Waals surface area contributed by atoms with Gasteiger partial charge < -0.3 is 30.3 Å². The van der Waals surface area contributed by atoms with Crippen LogP contribution in [0.25, 0.3) is 0 Å². The van der Waals surface area contributed by atoms with Gasteiger partial charge in [0.25, 0.3) is 0 Å².